The second kappa shape index (κ2) is 32.1. The lowest BCUT2D eigenvalue weighted by molar-refractivity contribution is -0.143. The molecule has 9 atom stereocenters. The van der Waals surface area contributed by atoms with Crippen LogP contribution in [0.1, 0.15) is 76.8 Å². The predicted octanol–water partition coefficient (Wildman–Crippen LogP) is -5.09. The van der Waals surface area contributed by atoms with E-state index in [-0.39, 0.29) is 63.3 Å². The molecule has 0 unspecified atom stereocenters. The number of aromatic nitrogens is 1. The molecule has 1 aromatic heterocycles. The number of fused-ring (bicyclic) bond motifs is 1. The van der Waals surface area contributed by atoms with E-state index < -0.39 is 145 Å². The van der Waals surface area contributed by atoms with Crippen LogP contribution in [0.4, 0.5) is 0 Å². The Morgan fingerprint density at radius 2 is 1.16 bits per heavy atom. The van der Waals surface area contributed by atoms with Crippen LogP contribution in [0.3, 0.4) is 0 Å². The molecule has 0 radical (unpaired) electrons. The molecule has 25 N–H and O–H groups in total. The number of aromatic hydroxyl groups is 1. The number of primary amides is 3. The van der Waals surface area contributed by atoms with Crippen molar-refractivity contribution >= 4 is 81.9 Å². The maximum atomic E-state index is 14.5. The van der Waals surface area contributed by atoms with Gasteiger partial charge in [0.25, 0.3) is 0 Å². The number of guanidine groups is 2. The monoisotopic (exact) mass is 1130 g/mol. The standard InChI is InChI=1S/C51H78N18O12/c1-25(2)40(67-45(77)36(66-43(75)31(52)23-39(54)73)22-28-24-62-32-10-6-5-9-30(28)32)47(79)68-41(26(3)70)48(80)63-33(11-7-19-60-50(56)57)44(76)64-34(17-18-38(53)72)49(81)69(4)37(12-8-20-61-51(58)59)46(78)65-35(42(55)74)21-27-13-15-29(71)16-14-27/h5-6,9-10,13-16,24-26,31,33-37,40-41,62,70-71H,7-8,11-12,17-23,52H2,1-4H3,(H2,53,72)(H2,54,73)(H2,55,74)(H,63,80)(H,64,76)(H,65,78)(H,66,75)(H,67,77)(H,68,79)(H4,56,57,60)(H4,58,59,61)/t26-,31+,33+,34+,35+,36+,37+,40+,41+/m1/s1. The normalized spacial score (nSPS) is 14.4. The molecule has 0 saturated heterocycles. The molecule has 0 fully saturated rings. The minimum absolute atomic E-state index is 0.00123. The quantitative estimate of drug-likeness (QED) is 0.0151. The summed E-state index contributed by atoms with van der Waals surface area (Å²) in [7, 11) is 1.23. The molecule has 0 saturated carbocycles. The molecule has 3 aromatic rings. The summed E-state index contributed by atoms with van der Waals surface area (Å²) in [5.41, 5.74) is 35.0. The topological polar surface area (TPSA) is 530 Å². The molecular weight excluding hydrogens is 1060 g/mol. The Morgan fingerprint density at radius 1 is 0.617 bits per heavy atom. The molecule has 0 bridgehead atoms. The van der Waals surface area contributed by atoms with Gasteiger partial charge in [0, 0.05) is 56.5 Å². The number of H-pyrrole nitrogens is 1. The summed E-state index contributed by atoms with van der Waals surface area (Å²) in [6, 6.07) is 0.934. The number of nitrogens with two attached hydrogens (primary N) is 6. The van der Waals surface area contributed by atoms with Crippen LogP contribution in [0, 0.1) is 16.7 Å². The average Bonchev–Trinajstić information content (AvgIpc) is 3.91. The number of aliphatic hydroxyl groups is 1. The lowest BCUT2D eigenvalue weighted by Gasteiger charge is -2.33. The molecule has 444 valence electrons. The van der Waals surface area contributed by atoms with Crippen LogP contribution in [0.5, 0.6) is 5.75 Å². The molecule has 1 heterocycles. The van der Waals surface area contributed by atoms with Crippen molar-refractivity contribution in [2.24, 2.45) is 40.3 Å². The number of hydrogen-bond donors (Lipinski definition) is 19. The van der Waals surface area contributed by atoms with Gasteiger partial charge < -0.3 is 97.0 Å². The molecule has 10 amide bonds. The largest absolute Gasteiger partial charge is 0.508 e. The fourth-order valence-corrected chi connectivity index (χ4v) is 8.41. The third-order valence-corrected chi connectivity index (χ3v) is 12.8. The Bertz CT molecular complexity index is 2720. The Morgan fingerprint density at radius 3 is 1.73 bits per heavy atom. The van der Waals surface area contributed by atoms with Crippen LogP contribution in [-0.4, -0.2) is 166 Å². The highest BCUT2D eigenvalue weighted by Gasteiger charge is 2.38. The predicted molar refractivity (Wildman–Crippen MR) is 296 cm³/mol. The zero-order valence-electron chi connectivity index (χ0n) is 45.6. The zero-order valence-corrected chi connectivity index (χ0v) is 45.6. The van der Waals surface area contributed by atoms with Gasteiger partial charge >= 0.3 is 0 Å². The molecule has 30 nitrogen and oxygen atoms in total. The molecule has 0 spiro atoms. The molecule has 3 rings (SSSR count). The van der Waals surface area contributed by atoms with Crippen LogP contribution in [-0.2, 0) is 60.8 Å². The van der Waals surface area contributed by atoms with Crippen molar-refractivity contribution < 1.29 is 58.2 Å². The minimum Gasteiger partial charge on any atom is -0.508 e. The molecule has 2 aromatic carbocycles. The van der Waals surface area contributed by atoms with Gasteiger partial charge in [0.1, 0.15) is 48.0 Å². The number of nitrogens with zero attached hydrogens (tertiary/aromatic N) is 1. The second-order valence-corrected chi connectivity index (χ2v) is 19.8. The summed E-state index contributed by atoms with van der Waals surface area (Å²) in [6.45, 7) is 4.37. The molecule has 30 heteroatoms. The summed E-state index contributed by atoms with van der Waals surface area (Å²) >= 11 is 0. The number of aromatic amines is 1. The van der Waals surface area contributed by atoms with Gasteiger partial charge in [0.15, 0.2) is 11.9 Å². The number of carbonyl (C=O) groups is 10. The van der Waals surface area contributed by atoms with E-state index in [1.165, 1.54) is 31.3 Å². The molecule has 0 aliphatic heterocycles. The van der Waals surface area contributed by atoms with E-state index in [2.05, 4.69) is 47.5 Å². The number of aliphatic hydroxyl groups excluding tert-OH is 1. The summed E-state index contributed by atoms with van der Waals surface area (Å²) in [6.07, 6.45) is -1.87. The highest BCUT2D eigenvalue weighted by atomic mass is 16.3. The third kappa shape index (κ3) is 21.9. The van der Waals surface area contributed by atoms with Crippen LogP contribution < -0.4 is 76.9 Å². The van der Waals surface area contributed by atoms with Crippen LogP contribution in [0.2, 0.25) is 0 Å². The van der Waals surface area contributed by atoms with Gasteiger partial charge in [0.05, 0.1) is 18.6 Å². The fourth-order valence-electron chi connectivity index (χ4n) is 8.41. The van der Waals surface area contributed by atoms with E-state index in [0.717, 1.165) is 22.7 Å². The van der Waals surface area contributed by atoms with Gasteiger partial charge in [-0.2, -0.15) is 0 Å². The van der Waals surface area contributed by atoms with E-state index >= 15 is 0 Å². The number of likely N-dealkylation sites (N-methyl/N-ethyl adjacent to an activating group) is 1. The van der Waals surface area contributed by atoms with Crippen molar-refractivity contribution in [2.75, 3.05) is 20.1 Å². The van der Waals surface area contributed by atoms with E-state index in [9.17, 15) is 58.2 Å². The second-order valence-electron chi connectivity index (χ2n) is 19.8. The molecule has 0 aliphatic carbocycles. The zero-order chi connectivity index (χ0) is 60.7. The van der Waals surface area contributed by atoms with Gasteiger partial charge in [-0.05, 0) is 74.3 Å². The highest BCUT2D eigenvalue weighted by Crippen LogP contribution is 2.20. The Kier molecular flexibility index (Phi) is 26.3. The van der Waals surface area contributed by atoms with Gasteiger partial charge in [-0.1, -0.05) is 44.2 Å². The van der Waals surface area contributed by atoms with Crippen LogP contribution in [0.15, 0.2) is 54.7 Å². The molecule has 81 heavy (non-hydrogen) atoms. The van der Waals surface area contributed by atoms with Crippen molar-refractivity contribution in [1.82, 2.24) is 52.4 Å². The summed E-state index contributed by atoms with van der Waals surface area (Å²) in [5.74, 6) is -10.9. The maximum Gasteiger partial charge on any atom is 0.245 e. The van der Waals surface area contributed by atoms with Crippen molar-refractivity contribution in [3.8, 4) is 5.75 Å². The first-order chi connectivity index (χ1) is 38.1. The Hall–Kier alpha value is -9.06. The number of para-hydroxylation sites is 1. The lowest BCUT2D eigenvalue weighted by atomic mass is 9.99. The SMILES string of the molecule is CC(C)[C@H](NC(=O)[C@H](Cc1c[nH]c2ccccc12)NC(=O)[C@@H](N)CC(N)=O)C(=O)N[C@H](C(=O)N[C@@H](CCCNC(=N)N)C(=O)N[C@@H](CCC(N)=O)C(=O)N(C)[C@@H](CCCNC(=N)N)C(=O)N[C@@H](Cc1ccc(O)cc1)C(N)=O)[C@@H](C)O. The number of rotatable bonds is 34. The van der Waals surface area contributed by atoms with Crippen LogP contribution >= 0.6 is 0 Å². The first kappa shape index (κ1) is 66.2. The first-order valence-corrected chi connectivity index (χ1v) is 26.0. The van der Waals surface area contributed by atoms with E-state index in [4.69, 9.17) is 45.2 Å². The van der Waals surface area contributed by atoms with Crippen molar-refractivity contribution in [2.45, 2.75) is 133 Å². The number of nitrogens with one attached hydrogen (secondary N) is 11. The van der Waals surface area contributed by atoms with Gasteiger partial charge in [-0.3, -0.25) is 58.8 Å². The smallest absolute Gasteiger partial charge is 0.245 e. The molecular formula is C51H78N18O12. The number of phenolic OH excluding ortho intramolecular Hbond substituents is 1. The van der Waals surface area contributed by atoms with E-state index in [1.54, 1.807) is 44.3 Å². The third-order valence-electron chi connectivity index (χ3n) is 12.8. The van der Waals surface area contributed by atoms with Gasteiger partial charge in [-0.15, -0.1) is 0 Å². The average molecular weight is 1140 g/mol. The summed E-state index contributed by atoms with van der Waals surface area (Å²) in [4.78, 5) is 139. The van der Waals surface area contributed by atoms with Crippen molar-refractivity contribution in [1.29, 1.82) is 10.8 Å². The van der Waals surface area contributed by atoms with Crippen LogP contribution in [0.25, 0.3) is 10.9 Å². The van der Waals surface area contributed by atoms with E-state index in [1.807, 2.05) is 0 Å². The first-order valence-electron chi connectivity index (χ1n) is 26.0. The number of carbonyl (C=O) groups excluding carboxylic acids is 10. The lowest BCUT2D eigenvalue weighted by Crippen LogP contribution is -2.62. The van der Waals surface area contributed by atoms with Gasteiger partial charge in [-0.25, -0.2) is 0 Å². The fraction of sp³-hybridized carbons (Fsp3) is 0.490. The maximum absolute atomic E-state index is 14.5. The Labute approximate surface area is 467 Å². The number of phenols is 1. The molecule has 0 aliphatic rings. The van der Waals surface area contributed by atoms with Crippen molar-refractivity contribution in [3.05, 3.63) is 65.9 Å². The highest BCUT2D eigenvalue weighted by molar-refractivity contribution is 5.99. The van der Waals surface area contributed by atoms with Gasteiger partial charge in [0.2, 0.25) is 59.1 Å². The number of benzene rings is 2. The van der Waals surface area contributed by atoms with E-state index in [0.29, 0.717) is 11.1 Å². The minimum atomic E-state index is -1.82. The summed E-state index contributed by atoms with van der Waals surface area (Å²) < 4.78 is 0. The Balaban J connectivity index is 1.94. The summed E-state index contributed by atoms with van der Waals surface area (Å²) in [5, 5.41) is 56.8. The number of hydrogen-bond acceptors (Lipinski definition) is 15. The van der Waals surface area contributed by atoms with Crippen molar-refractivity contribution in [3.63, 3.8) is 0 Å². The number of amides is 10.